The van der Waals surface area contributed by atoms with Gasteiger partial charge in [0.15, 0.2) is 5.82 Å². The van der Waals surface area contributed by atoms with E-state index in [1.807, 2.05) is 31.2 Å². The van der Waals surface area contributed by atoms with Gasteiger partial charge in [0.05, 0.1) is 23.4 Å². The van der Waals surface area contributed by atoms with Crippen LogP contribution in [0.2, 0.25) is 0 Å². The highest BCUT2D eigenvalue weighted by Crippen LogP contribution is 2.24. The van der Waals surface area contributed by atoms with Gasteiger partial charge < -0.3 is 5.11 Å². The van der Waals surface area contributed by atoms with Gasteiger partial charge in [-0.2, -0.15) is 10.4 Å². The van der Waals surface area contributed by atoms with Crippen LogP contribution in [0.4, 0.5) is 0 Å². The van der Waals surface area contributed by atoms with Gasteiger partial charge in [-0.1, -0.05) is 29.8 Å². The third kappa shape index (κ3) is 2.80. The summed E-state index contributed by atoms with van der Waals surface area (Å²) in [5, 5.41) is 22.3. The van der Waals surface area contributed by atoms with Crippen LogP contribution in [0.25, 0.3) is 16.9 Å². The second-order valence-corrected chi connectivity index (χ2v) is 5.05. The SMILES string of the molecule is Cc1cccc(-c2cnc(-n3cc(C(=O)O)cn3)cc2C#N)c1. The molecule has 23 heavy (non-hydrogen) atoms. The average Bonchev–Trinajstić information content (AvgIpc) is 3.04. The van der Waals surface area contributed by atoms with Crippen molar-refractivity contribution in [2.24, 2.45) is 0 Å². The fourth-order valence-electron chi connectivity index (χ4n) is 2.26. The highest BCUT2D eigenvalue weighted by atomic mass is 16.4. The minimum atomic E-state index is -1.06. The molecular weight excluding hydrogens is 292 g/mol. The van der Waals surface area contributed by atoms with Gasteiger partial charge >= 0.3 is 5.97 Å². The molecule has 3 aromatic rings. The predicted octanol–water partition coefficient (Wildman–Crippen LogP) is 2.81. The maximum absolute atomic E-state index is 10.9. The summed E-state index contributed by atoms with van der Waals surface area (Å²) in [6.45, 7) is 1.98. The summed E-state index contributed by atoms with van der Waals surface area (Å²) in [4.78, 5) is 15.2. The molecule has 6 heteroatoms. The van der Waals surface area contributed by atoms with Crippen LogP contribution in [-0.4, -0.2) is 25.8 Å². The standard InChI is InChI=1S/C17H12N4O2/c1-11-3-2-4-12(5-11)15-9-19-16(6-13(15)7-18)21-10-14(8-20-21)17(22)23/h2-6,8-10H,1H3,(H,22,23). The normalized spacial score (nSPS) is 10.3. The van der Waals surface area contributed by atoms with Crippen molar-refractivity contribution in [1.82, 2.24) is 14.8 Å². The highest BCUT2D eigenvalue weighted by molar-refractivity contribution is 5.87. The fourth-order valence-corrected chi connectivity index (χ4v) is 2.26. The quantitative estimate of drug-likeness (QED) is 0.803. The summed E-state index contributed by atoms with van der Waals surface area (Å²) < 4.78 is 1.34. The maximum atomic E-state index is 10.9. The lowest BCUT2D eigenvalue weighted by atomic mass is 10.0. The fraction of sp³-hybridized carbons (Fsp3) is 0.0588. The zero-order chi connectivity index (χ0) is 16.4. The highest BCUT2D eigenvalue weighted by Gasteiger charge is 2.11. The molecule has 2 heterocycles. The molecule has 0 spiro atoms. The molecule has 0 saturated carbocycles. The zero-order valence-electron chi connectivity index (χ0n) is 12.3. The Balaban J connectivity index is 2.06. The Morgan fingerprint density at radius 2 is 2.13 bits per heavy atom. The van der Waals surface area contributed by atoms with Crippen LogP contribution in [0, 0.1) is 18.3 Å². The van der Waals surface area contributed by atoms with Crippen LogP contribution in [0.3, 0.4) is 0 Å². The number of nitriles is 1. The molecule has 0 radical (unpaired) electrons. The largest absolute Gasteiger partial charge is 0.478 e. The second-order valence-electron chi connectivity index (χ2n) is 5.05. The van der Waals surface area contributed by atoms with E-state index in [1.165, 1.54) is 17.1 Å². The number of pyridine rings is 1. The van der Waals surface area contributed by atoms with Crippen molar-refractivity contribution in [3.05, 3.63) is 65.6 Å². The Hall–Kier alpha value is -3.46. The van der Waals surface area contributed by atoms with Gasteiger partial charge in [0, 0.05) is 24.0 Å². The Morgan fingerprint density at radius 1 is 1.30 bits per heavy atom. The molecule has 0 bridgehead atoms. The van der Waals surface area contributed by atoms with Crippen LogP contribution >= 0.6 is 0 Å². The van der Waals surface area contributed by atoms with E-state index >= 15 is 0 Å². The molecular formula is C17H12N4O2. The number of nitrogens with zero attached hydrogens (tertiary/aromatic N) is 4. The molecule has 0 saturated heterocycles. The van der Waals surface area contributed by atoms with Crippen molar-refractivity contribution in [3.8, 4) is 23.0 Å². The molecule has 6 nitrogen and oxygen atoms in total. The minimum absolute atomic E-state index is 0.0630. The van der Waals surface area contributed by atoms with Crippen LogP contribution < -0.4 is 0 Å². The predicted molar refractivity (Wildman–Crippen MR) is 83.2 cm³/mol. The van der Waals surface area contributed by atoms with E-state index in [0.717, 1.165) is 16.7 Å². The van der Waals surface area contributed by atoms with Gasteiger partial charge in [-0.25, -0.2) is 14.5 Å². The van der Waals surface area contributed by atoms with Crippen molar-refractivity contribution in [2.75, 3.05) is 0 Å². The van der Waals surface area contributed by atoms with Crippen LogP contribution in [0.15, 0.2) is 48.9 Å². The summed E-state index contributed by atoms with van der Waals surface area (Å²) in [7, 11) is 0. The zero-order valence-corrected chi connectivity index (χ0v) is 12.3. The first kappa shape index (κ1) is 14.5. The molecule has 0 aliphatic heterocycles. The van der Waals surface area contributed by atoms with E-state index in [9.17, 15) is 10.1 Å². The molecule has 0 atom stereocenters. The van der Waals surface area contributed by atoms with Crippen LogP contribution in [0.5, 0.6) is 0 Å². The first-order chi connectivity index (χ1) is 11.1. The van der Waals surface area contributed by atoms with Crippen LogP contribution in [-0.2, 0) is 0 Å². The Morgan fingerprint density at radius 3 is 2.78 bits per heavy atom. The Labute approximate surface area is 132 Å². The second kappa shape index (κ2) is 5.73. The van der Waals surface area contributed by atoms with Gasteiger partial charge in [0.2, 0.25) is 0 Å². The lowest BCUT2D eigenvalue weighted by Crippen LogP contribution is -2.00. The van der Waals surface area contributed by atoms with Crippen molar-refractivity contribution in [1.29, 1.82) is 5.26 Å². The van der Waals surface area contributed by atoms with E-state index in [2.05, 4.69) is 16.2 Å². The number of rotatable bonds is 3. The minimum Gasteiger partial charge on any atom is -0.478 e. The molecule has 0 fully saturated rings. The lowest BCUT2D eigenvalue weighted by molar-refractivity contribution is 0.0697. The monoisotopic (exact) mass is 304 g/mol. The summed E-state index contributed by atoms with van der Waals surface area (Å²) >= 11 is 0. The number of benzene rings is 1. The number of carbonyl (C=O) groups is 1. The molecule has 0 aliphatic rings. The van der Waals surface area contributed by atoms with Crippen molar-refractivity contribution in [2.45, 2.75) is 6.92 Å². The molecule has 112 valence electrons. The van der Waals surface area contributed by atoms with Crippen LogP contribution in [0.1, 0.15) is 21.5 Å². The van der Waals surface area contributed by atoms with E-state index in [0.29, 0.717) is 11.4 Å². The van der Waals surface area contributed by atoms with Crippen molar-refractivity contribution >= 4 is 5.97 Å². The van der Waals surface area contributed by atoms with E-state index < -0.39 is 5.97 Å². The van der Waals surface area contributed by atoms with E-state index in [4.69, 9.17) is 5.11 Å². The van der Waals surface area contributed by atoms with E-state index in [-0.39, 0.29) is 5.56 Å². The van der Waals surface area contributed by atoms with Crippen molar-refractivity contribution < 1.29 is 9.90 Å². The number of aryl methyl sites for hydroxylation is 1. The molecule has 0 unspecified atom stereocenters. The summed E-state index contributed by atoms with van der Waals surface area (Å²) in [5.74, 6) is -0.668. The molecule has 1 N–H and O–H groups in total. The molecule has 0 amide bonds. The number of carboxylic acids is 1. The van der Waals surface area contributed by atoms with Gasteiger partial charge in [-0.05, 0) is 12.5 Å². The number of hydrogen-bond donors (Lipinski definition) is 1. The topological polar surface area (TPSA) is 91.8 Å². The molecule has 0 aliphatic carbocycles. The molecule has 3 rings (SSSR count). The van der Waals surface area contributed by atoms with Gasteiger partial charge in [-0.15, -0.1) is 0 Å². The van der Waals surface area contributed by atoms with Gasteiger partial charge in [0.25, 0.3) is 0 Å². The molecule has 2 aromatic heterocycles. The lowest BCUT2D eigenvalue weighted by Gasteiger charge is -2.07. The number of aromatic carboxylic acids is 1. The van der Waals surface area contributed by atoms with E-state index in [1.54, 1.807) is 12.3 Å². The first-order valence-corrected chi connectivity index (χ1v) is 6.84. The summed E-state index contributed by atoms with van der Waals surface area (Å²) in [6, 6.07) is 11.6. The Kier molecular flexibility index (Phi) is 3.61. The number of aromatic nitrogens is 3. The van der Waals surface area contributed by atoms with Crippen molar-refractivity contribution in [3.63, 3.8) is 0 Å². The smallest absolute Gasteiger partial charge is 0.338 e. The molecule has 1 aromatic carbocycles. The van der Waals surface area contributed by atoms with Gasteiger partial charge in [-0.3, -0.25) is 0 Å². The first-order valence-electron chi connectivity index (χ1n) is 6.84. The van der Waals surface area contributed by atoms with Gasteiger partial charge in [0.1, 0.15) is 0 Å². The summed E-state index contributed by atoms with van der Waals surface area (Å²) in [5.41, 5.74) is 3.24. The number of hydrogen-bond acceptors (Lipinski definition) is 4. The summed E-state index contributed by atoms with van der Waals surface area (Å²) in [6.07, 6.45) is 4.20. The number of carboxylic acid groups (broad SMARTS) is 1. The third-order valence-corrected chi connectivity index (χ3v) is 3.40. The average molecular weight is 304 g/mol. The maximum Gasteiger partial charge on any atom is 0.338 e. The third-order valence-electron chi connectivity index (χ3n) is 3.40. The Bertz CT molecular complexity index is 938.